The minimum absolute atomic E-state index is 0.0198. The summed E-state index contributed by atoms with van der Waals surface area (Å²) < 4.78 is 25.5. The van der Waals surface area contributed by atoms with Gasteiger partial charge in [-0.15, -0.1) is 0 Å². The van der Waals surface area contributed by atoms with Crippen molar-refractivity contribution in [2.45, 2.75) is 60.8 Å². The fourth-order valence-corrected chi connectivity index (χ4v) is 3.82. The lowest BCUT2D eigenvalue weighted by Gasteiger charge is -2.10. The molecule has 8 heteroatoms. The lowest BCUT2D eigenvalue weighted by atomic mass is 9.96. The molecule has 0 bridgehead atoms. The van der Waals surface area contributed by atoms with Crippen molar-refractivity contribution in [1.29, 1.82) is 0 Å². The van der Waals surface area contributed by atoms with Crippen molar-refractivity contribution in [3.63, 3.8) is 0 Å². The number of hydrogen-bond donors (Lipinski definition) is 0. The summed E-state index contributed by atoms with van der Waals surface area (Å²) in [6.45, 7) is 11.5. The fourth-order valence-electron chi connectivity index (χ4n) is 3.82. The summed E-state index contributed by atoms with van der Waals surface area (Å²) in [5.41, 5.74) is 3.86. The lowest BCUT2D eigenvalue weighted by Crippen LogP contribution is -2.10. The summed E-state index contributed by atoms with van der Waals surface area (Å²) in [5, 5.41) is 4.44. The van der Waals surface area contributed by atoms with Gasteiger partial charge in [-0.05, 0) is 55.7 Å². The van der Waals surface area contributed by atoms with E-state index in [1.807, 2.05) is 58.9 Å². The van der Waals surface area contributed by atoms with Gasteiger partial charge in [-0.1, -0.05) is 46.8 Å². The van der Waals surface area contributed by atoms with E-state index in [4.69, 9.17) is 9.47 Å². The molecule has 4 aromatic rings. The number of carbonyl (C=O) groups excluding carboxylic acids is 2. The molecule has 0 saturated heterocycles. The van der Waals surface area contributed by atoms with Crippen LogP contribution in [0.25, 0.3) is 16.9 Å². The van der Waals surface area contributed by atoms with Gasteiger partial charge in [0.25, 0.3) is 0 Å². The monoisotopic (exact) mass is 549 g/mol. The third kappa shape index (κ3) is 7.74. The predicted octanol–water partition coefficient (Wildman–Crippen LogP) is 7.79. The summed E-state index contributed by atoms with van der Waals surface area (Å²) >= 11 is 0. The van der Waals surface area contributed by atoms with Crippen LogP contribution in [0.15, 0.2) is 54.7 Å². The molecule has 2 aromatic heterocycles. The zero-order chi connectivity index (χ0) is 29.8. The van der Waals surface area contributed by atoms with E-state index in [-0.39, 0.29) is 23.3 Å². The largest absolute Gasteiger partial charge is 0.493 e. The van der Waals surface area contributed by atoms with Gasteiger partial charge in [0.05, 0.1) is 19.9 Å². The van der Waals surface area contributed by atoms with E-state index >= 15 is 0 Å². The average Bonchev–Trinajstić information content (AvgIpc) is 3.44. The highest BCUT2D eigenvalue weighted by molar-refractivity contribution is 5.97. The second-order valence-corrected chi connectivity index (χ2v) is 9.01. The molecular weight excluding hydrogens is 509 g/mol. The van der Waals surface area contributed by atoms with Gasteiger partial charge in [0.2, 0.25) is 0 Å². The van der Waals surface area contributed by atoms with Crippen LogP contribution in [0.2, 0.25) is 0 Å². The van der Waals surface area contributed by atoms with Crippen molar-refractivity contribution >= 4 is 17.2 Å². The Bertz CT molecular complexity index is 1430. The summed E-state index contributed by atoms with van der Waals surface area (Å²) in [6.07, 6.45) is 3.77. The number of Topliss-reactive ketones (excluding diaryl/α,β-unsaturated/α-hetero) is 2. The number of halogens is 1. The Morgan fingerprint density at radius 3 is 2.27 bits per heavy atom. The van der Waals surface area contributed by atoms with Crippen LogP contribution in [0.4, 0.5) is 4.39 Å². The normalized spacial score (nSPS) is 11.0. The van der Waals surface area contributed by atoms with Gasteiger partial charge in [-0.3, -0.25) is 9.59 Å². The maximum Gasteiger partial charge on any atom is 0.183 e. The van der Waals surface area contributed by atoms with E-state index in [1.165, 1.54) is 6.07 Å². The third-order valence-corrected chi connectivity index (χ3v) is 6.32. The SMILES string of the molecule is CC.CCC(C)C(=O)c1ccc(C)c(F)c1.CCCC(=O)c1cc2nccc(-c3ccc(OC)c(OC)c3)n2n1. The van der Waals surface area contributed by atoms with Gasteiger partial charge >= 0.3 is 0 Å². The van der Waals surface area contributed by atoms with Crippen molar-refractivity contribution in [3.8, 4) is 22.8 Å². The van der Waals surface area contributed by atoms with E-state index < -0.39 is 0 Å². The maximum absolute atomic E-state index is 13.2. The van der Waals surface area contributed by atoms with Crippen LogP contribution in [0, 0.1) is 18.7 Å². The Morgan fingerprint density at radius 1 is 0.975 bits per heavy atom. The molecule has 2 aromatic carbocycles. The third-order valence-electron chi connectivity index (χ3n) is 6.32. The van der Waals surface area contributed by atoms with Crippen molar-refractivity contribution in [1.82, 2.24) is 14.6 Å². The number of hydrogen-bond acceptors (Lipinski definition) is 6. The quantitative estimate of drug-likeness (QED) is 0.198. The molecule has 2 heterocycles. The standard InChI is InChI=1S/C18H19N3O3.C12H15FO.C2H6/c1-4-5-15(22)13-11-18-19-9-8-14(21(18)20-13)12-6-7-16(23-2)17(10-12)24-3;1-4-8(2)12(14)10-6-5-9(3)11(13)7-10;1-2/h6-11H,4-5H2,1-3H3;5-8H,4H2,1-3H3;1-2H3. The molecule has 0 aliphatic carbocycles. The van der Waals surface area contributed by atoms with E-state index in [0.29, 0.717) is 40.4 Å². The number of benzene rings is 2. The molecular formula is C32H40FN3O4. The highest BCUT2D eigenvalue weighted by Gasteiger charge is 2.15. The van der Waals surface area contributed by atoms with Gasteiger partial charge in [0.1, 0.15) is 11.5 Å². The smallest absolute Gasteiger partial charge is 0.183 e. The number of rotatable bonds is 9. The first-order valence-electron chi connectivity index (χ1n) is 13.6. The Hall–Kier alpha value is -4.07. The van der Waals surface area contributed by atoms with Crippen LogP contribution in [0.3, 0.4) is 0 Å². The Labute approximate surface area is 236 Å². The van der Waals surface area contributed by atoms with Crippen LogP contribution in [-0.2, 0) is 0 Å². The van der Waals surface area contributed by atoms with Crippen molar-refractivity contribution in [2.75, 3.05) is 14.2 Å². The molecule has 0 spiro atoms. The molecule has 214 valence electrons. The van der Waals surface area contributed by atoms with Gasteiger partial charge in [0, 0.05) is 35.7 Å². The first-order valence-corrected chi connectivity index (χ1v) is 13.6. The molecule has 1 unspecified atom stereocenters. The molecule has 0 radical (unpaired) electrons. The molecule has 1 atom stereocenters. The van der Waals surface area contributed by atoms with E-state index in [9.17, 15) is 14.0 Å². The van der Waals surface area contributed by atoms with E-state index in [0.717, 1.165) is 24.1 Å². The Balaban J connectivity index is 0.000000299. The number of fused-ring (bicyclic) bond motifs is 1. The van der Waals surface area contributed by atoms with Crippen LogP contribution in [0.1, 0.15) is 80.3 Å². The maximum atomic E-state index is 13.2. The zero-order valence-corrected chi connectivity index (χ0v) is 24.7. The number of aromatic nitrogens is 3. The van der Waals surface area contributed by atoms with Crippen LogP contribution < -0.4 is 9.47 Å². The van der Waals surface area contributed by atoms with Gasteiger partial charge in [-0.2, -0.15) is 5.10 Å². The van der Waals surface area contributed by atoms with Crippen molar-refractivity contribution < 1.29 is 23.5 Å². The molecule has 7 nitrogen and oxygen atoms in total. The van der Waals surface area contributed by atoms with E-state index in [1.54, 1.807) is 50.1 Å². The Kier molecular flexibility index (Phi) is 12.5. The molecule has 4 rings (SSSR count). The number of carbonyl (C=O) groups is 2. The number of methoxy groups -OCH3 is 2. The Morgan fingerprint density at radius 2 is 1.68 bits per heavy atom. The lowest BCUT2D eigenvalue weighted by molar-refractivity contribution is 0.0925. The fraction of sp³-hybridized carbons (Fsp3) is 0.375. The second-order valence-electron chi connectivity index (χ2n) is 9.01. The average molecular weight is 550 g/mol. The number of ether oxygens (including phenoxy) is 2. The zero-order valence-electron chi connectivity index (χ0n) is 24.7. The first kappa shape index (κ1) is 32.1. The topological polar surface area (TPSA) is 82.8 Å². The summed E-state index contributed by atoms with van der Waals surface area (Å²) in [5.74, 6) is 1.00. The van der Waals surface area contributed by atoms with Crippen LogP contribution >= 0.6 is 0 Å². The van der Waals surface area contributed by atoms with E-state index in [2.05, 4.69) is 10.1 Å². The van der Waals surface area contributed by atoms with Crippen molar-refractivity contribution in [2.24, 2.45) is 5.92 Å². The first-order chi connectivity index (χ1) is 19.2. The minimum Gasteiger partial charge on any atom is -0.493 e. The molecule has 0 aliphatic heterocycles. The summed E-state index contributed by atoms with van der Waals surface area (Å²) in [7, 11) is 3.19. The van der Waals surface area contributed by atoms with Crippen LogP contribution in [-0.4, -0.2) is 40.4 Å². The predicted molar refractivity (Wildman–Crippen MR) is 157 cm³/mol. The number of nitrogens with zero attached hydrogens (tertiary/aromatic N) is 3. The molecule has 0 saturated carbocycles. The van der Waals surface area contributed by atoms with Gasteiger partial charge in [0.15, 0.2) is 28.7 Å². The number of aryl methyl sites for hydroxylation is 1. The molecule has 0 aliphatic rings. The highest BCUT2D eigenvalue weighted by atomic mass is 19.1. The summed E-state index contributed by atoms with van der Waals surface area (Å²) in [4.78, 5) is 28.1. The minimum atomic E-state index is -0.306. The van der Waals surface area contributed by atoms with Gasteiger partial charge in [-0.25, -0.2) is 13.9 Å². The highest BCUT2D eigenvalue weighted by Crippen LogP contribution is 2.32. The molecule has 40 heavy (non-hydrogen) atoms. The second kappa shape index (κ2) is 15.5. The number of ketones is 2. The molecule has 0 amide bonds. The van der Waals surface area contributed by atoms with Gasteiger partial charge < -0.3 is 9.47 Å². The summed E-state index contributed by atoms with van der Waals surface area (Å²) in [6, 6.07) is 13.9. The molecule has 0 fully saturated rings. The van der Waals surface area contributed by atoms with Crippen LogP contribution in [0.5, 0.6) is 11.5 Å². The van der Waals surface area contributed by atoms with Crippen molar-refractivity contribution in [3.05, 3.63) is 77.4 Å². The molecule has 0 N–H and O–H groups in total.